The maximum Gasteiger partial charge on any atom is 0.316 e. The highest BCUT2D eigenvalue weighted by atomic mass is 16.5. The molecule has 3 aromatic rings. The number of benzene rings is 3. The van der Waals surface area contributed by atoms with Gasteiger partial charge in [-0.3, -0.25) is 4.79 Å². The lowest BCUT2D eigenvalue weighted by atomic mass is 9.91. The summed E-state index contributed by atoms with van der Waals surface area (Å²) in [5.74, 6) is 0.613. The van der Waals surface area contributed by atoms with Gasteiger partial charge in [-0.05, 0) is 61.0 Å². The minimum Gasteiger partial charge on any atom is -0.507 e. The van der Waals surface area contributed by atoms with Gasteiger partial charge in [-0.25, -0.2) is 0 Å². The van der Waals surface area contributed by atoms with Crippen LogP contribution in [0.3, 0.4) is 0 Å². The van der Waals surface area contributed by atoms with Crippen molar-refractivity contribution in [1.82, 2.24) is 0 Å². The van der Waals surface area contributed by atoms with Crippen molar-refractivity contribution in [2.24, 2.45) is 5.41 Å². The Hall–Kier alpha value is -3.07. The normalized spacial score (nSPS) is 11.8. The molecular formula is C24H24O3. The standard InChI is InChI=1S/C24H24O3/c1-4-24(2,3)23(26)27-20-14-11-17(12-15-20)8-9-18-10-13-19-6-5-7-22(25)21(19)16-18/h5-16,25H,4H2,1-3H3/b9-8+. The molecule has 138 valence electrons. The Kier molecular flexibility index (Phi) is 5.31. The van der Waals surface area contributed by atoms with Gasteiger partial charge < -0.3 is 9.84 Å². The Morgan fingerprint density at radius 1 is 1.00 bits per heavy atom. The van der Waals surface area contributed by atoms with Crippen LogP contribution >= 0.6 is 0 Å². The van der Waals surface area contributed by atoms with Crippen molar-refractivity contribution in [3.8, 4) is 11.5 Å². The topological polar surface area (TPSA) is 46.5 Å². The van der Waals surface area contributed by atoms with Gasteiger partial charge in [-0.15, -0.1) is 0 Å². The molecule has 0 aliphatic rings. The van der Waals surface area contributed by atoms with E-state index in [1.54, 1.807) is 18.2 Å². The number of phenolic OH excluding ortho intramolecular Hbond substituents is 1. The molecule has 0 saturated heterocycles. The van der Waals surface area contributed by atoms with E-state index in [-0.39, 0.29) is 11.7 Å². The average Bonchev–Trinajstić information content (AvgIpc) is 2.68. The lowest BCUT2D eigenvalue weighted by Crippen LogP contribution is -2.28. The molecule has 0 unspecified atom stereocenters. The Labute approximate surface area is 159 Å². The van der Waals surface area contributed by atoms with E-state index >= 15 is 0 Å². The smallest absolute Gasteiger partial charge is 0.316 e. The molecular weight excluding hydrogens is 336 g/mol. The van der Waals surface area contributed by atoms with Gasteiger partial charge in [0.2, 0.25) is 0 Å². The van der Waals surface area contributed by atoms with Gasteiger partial charge in [0.25, 0.3) is 0 Å². The summed E-state index contributed by atoms with van der Waals surface area (Å²) >= 11 is 0. The summed E-state index contributed by atoms with van der Waals surface area (Å²) in [6, 6.07) is 18.9. The second-order valence-electron chi connectivity index (χ2n) is 7.29. The Balaban J connectivity index is 1.73. The van der Waals surface area contributed by atoms with Crippen molar-refractivity contribution >= 4 is 28.9 Å². The van der Waals surface area contributed by atoms with Gasteiger partial charge in [-0.1, -0.05) is 55.5 Å². The first kappa shape index (κ1) is 18.7. The zero-order chi connectivity index (χ0) is 19.4. The summed E-state index contributed by atoms with van der Waals surface area (Å²) in [5.41, 5.74) is 1.52. The van der Waals surface area contributed by atoms with E-state index < -0.39 is 5.41 Å². The highest BCUT2D eigenvalue weighted by Crippen LogP contribution is 2.26. The van der Waals surface area contributed by atoms with E-state index in [1.165, 1.54) is 0 Å². The molecule has 0 bridgehead atoms. The van der Waals surface area contributed by atoms with Crippen molar-refractivity contribution in [3.05, 3.63) is 71.8 Å². The number of hydrogen-bond acceptors (Lipinski definition) is 3. The van der Waals surface area contributed by atoms with Gasteiger partial charge in [0, 0.05) is 5.39 Å². The second-order valence-corrected chi connectivity index (χ2v) is 7.29. The number of phenols is 1. The lowest BCUT2D eigenvalue weighted by molar-refractivity contribution is -0.144. The molecule has 3 heteroatoms. The summed E-state index contributed by atoms with van der Waals surface area (Å²) in [6.45, 7) is 5.74. The quantitative estimate of drug-likeness (QED) is 0.342. The van der Waals surface area contributed by atoms with Crippen LogP contribution in [0.5, 0.6) is 11.5 Å². The molecule has 3 nitrogen and oxygen atoms in total. The van der Waals surface area contributed by atoms with Gasteiger partial charge >= 0.3 is 5.97 Å². The van der Waals surface area contributed by atoms with Crippen LogP contribution in [0.4, 0.5) is 0 Å². The summed E-state index contributed by atoms with van der Waals surface area (Å²) in [5, 5.41) is 11.8. The van der Waals surface area contributed by atoms with E-state index in [0.717, 1.165) is 28.3 Å². The van der Waals surface area contributed by atoms with E-state index in [4.69, 9.17) is 4.74 Å². The molecule has 0 fully saturated rings. The maximum absolute atomic E-state index is 12.1. The number of aromatic hydroxyl groups is 1. The number of carbonyl (C=O) groups is 1. The van der Waals surface area contributed by atoms with Gasteiger partial charge in [-0.2, -0.15) is 0 Å². The van der Waals surface area contributed by atoms with Crippen molar-refractivity contribution < 1.29 is 14.6 Å². The van der Waals surface area contributed by atoms with E-state index in [0.29, 0.717) is 5.75 Å². The van der Waals surface area contributed by atoms with Gasteiger partial charge in [0.15, 0.2) is 0 Å². The molecule has 0 atom stereocenters. The first-order valence-corrected chi connectivity index (χ1v) is 9.11. The lowest BCUT2D eigenvalue weighted by Gasteiger charge is -2.20. The summed E-state index contributed by atoms with van der Waals surface area (Å²) in [6.07, 6.45) is 4.71. The Morgan fingerprint density at radius 2 is 1.67 bits per heavy atom. The van der Waals surface area contributed by atoms with Gasteiger partial charge in [0.05, 0.1) is 5.41 Å². The predicted molar refractivity (Wildman–Crippen MR) is 111 cm³/mol. The predicted octanol–water partition coefficient (Wildman–Crippen LogP) is 6.06. The van der Waals surface area contributed by atoms with Crippen LogP contribution in [0.15, 0.2) is 60.7 Å². The van der Waals surface area contributed by atoms with Crippen LogP contribution in [-0.2, 0) is 4.79 Å². The number of hydrogen-bond donors (Lipinski definition) is 1. The molecule has 0 radical (unpaired) electrons. The molecule has 0 spiro atoms. The van der Waals surface area contributed by atoms with Crippen LogP contribution in [-0.4, -0.2) is 11.1 Å². The fraction of sp³-hybridized carbons (Fsp3) is 0.208. The van der Waals surface area contributed by atoms with Crippen LogP contribution in [0.2, 0.25) is 0 Å². The SMILES string of the molecule is CCC(C)(C)C(=O)Oc1ccc(/C=C/c2ccc3cccc(O)c3c2)cc1. The molecule has 0 heterocycles. The third-order valence-electron chi connectivity index (χ3n) is 4.88. The molecule has 3 rings (SSSR count). The molecule has 0 amide bonds. The number of esters is 1. The number of rotatable bonds is 5. The average molecular weight is 360 g/mol. The van der Waals surface area contributed by atoms with Crippen molar-refractivity contribution in [2.45, 2.75) is 27.2 Å². The van der Waals surface area contributed by atoms with Crippen LogP contribution in [0.25, 0.3) is 22.9 Å². The molecule has 0 aliphatic carbocycles. The largest absolute Gasteiger partial charge is 0.507 e. The fourth-order valence-electron chi connectivity index (χ4n) is 2.61. The van der Waals surface area contributed by atoms with Crippen LogP contribution in [0.1, 0.15) is 38.3 Å². The number of carbonyl (C=O) groups excluding carboxylic acids is 1. The van der Waals surface area contributed by atoms with Crippen molar-refractivity contribution in [2.75, 3.05) is 0 Å². The summed E-state index contributed by atoms with van der Waals surface area (Å²) in [7, 11) is 0. The first-order valence-electron chi connectivity index (χ1n) is 9.11. The van der Waals surface area contributed by atoms with E-state index in [9.17, 15) is 9.90 Å². The summed E-state index contributed by atoms with van der Waals surface area (Å²) in [4.78, 5) is 12.1. The third kappa shape index (κ3) is 4.37. The van der Waals surface area contributed by atoms with Gasteiger partial charge in [0.1, 0.15) is 11.5 Å². The first-order chi connectivity index (χ1) is 12.9. The highest BCUT2D eigenvalue weighted by molar-refractivity contribution is 5.90. The summed E-state index contributed by atoms with van der Waals surface area (Å²) < 4.78 is 5.46. The molecule has 3 aromatic carbocycles. The van der Waals surface area contributed by atoms with Crippen LogP contribution in [0, 0.1) is 5.41 Å². The van der Waals surface area contributed by atoms with Crippen molar-refractivity contribution in [1.29, 1.82) is 0 Å². The second kappa shape index (κ2) is 7.67. The zero-order valence-corrected chi connectivity index (χ0v) is 15.9. The molecule has 0 saturated carbocycles. The monoisotopic (exact) mass is 360 g/mol. The minimum atomic E-state index is -0.486. The zero-order valence-electron chi connectivity index (χ0n) is 15.9. The maximum atomic E-state index is 12.1. The molecule has 0 aromatic heterocycles. The Morgan fingerprint density at radius 3 is 2.37 bits per heavy atom. The molecule has 27 heavy (non-hydrogen) atoms. The molecule has 0 aliphatic heterocycles. The Bertz CT molecular complexity index is 982. The van der Waals surface area contributed by atoms with Crippen molar-refractivity contribution in [3.63, 3.8) is 0 Å². The van der Waals surface area contributed by atoms with Crippen LogP contribution < -0.4 is 4.74 Å². The van der Waals surface area contributed by atoms with E-state index in [2.05, 4.69) is 0 Å². The highest BCUT2D eigenvalue weighted by Gasteiger charge is 2.27. The minimum absolute atomic E-state index is 0.218. The molecule has 1 N–H and O–H groups in total. The number of ether oxygens (including phenoxy) is 1. The fourth-order valence-corrected chi connectivity index (χ4v) is 2.61. The van der Waals surface area contributed by atoms with E-state index in [1.807, 2.05) is 75.4 Å². The number of fused-ring (bicyclic) bond motifs is 1. The third-order valence-corrected chi connectivity index (χ3v) is 4.88.